The van der Waals surface area contributed by atoms with E-state index in [1.165, 1.54) is 12.1 Å². The summed E-state index contributed by atoms with van der Waals surface area (Å²) in [6, 6.07) is 4.25. The van der Waals surface area contributed by atoms with Gasteiger partial charge in [-0.2, -0.15) is 0 Å². The first-order valence-corrected chi connectivity index (χ1v) is 7.35. The SMILES string of the molecule is O=C(O)C1CCN(C(=O)COc2cc(Br)ccc2F)CC1. The minimum absolute atomic E-state index is 0.0122. The molecule has 21 heavy (non-hydrogen) atoms. The molecule has 114 valence electrons. The summed E-state index contributed by atoms with van der Waals surface area (Å²) in [5, 5.41) is 8.90. The number of carbonyl (C=O) groups is 2. The second-order valence-corrected chi connectivity index (χ2v) is 5.77. The van der Waals surface area contributed by atoms with Crippen LogP contribution in [0.4, 0.5) is 4.39 Å². The third-order valence-electron chi connectivity index (χ3n) is 3.44. The van der Waals surface area contributed by atoms with Crippen molar-refractivity contribution in [2.45, 2.75) is 12.8 Å². The maximum atomic E-state index is 13.5. The highest BCUT2D eigenvalue weighted by atomic mass is 79.9. The Morgan fingerprint density at radius 1 is 1.38 bits per heavy atom. The van der Waals surface area contributed by atoms with Crippen LogP contribution in [0.3, 0.4) is 0 Å². The van der Waals surface area contributed by atoms with Crippen molar-refractivity contribution in [1.82, 2.24) is 4.90 Å². The number of nitrogens with zero attached hydrogens (tertiary/aromatic N) is 1. The van der Waals surface area contributed by atoms with E-state index < -0.39 is 17.7 Å². The molecule has 7 heteroatoms. The number of carboxylic acid groups (broad SMARTS) is 1. The lowest BCUT2D eigenvalue weighted by atomic mass is 9.97. The Labute approximate surface area is 129 Å². The monoisotopic (exact) mass is 359 g/mol. The summed E-state index contributed by atoms with van der Waals surface area (Å²) >= 11 is 3.20. The number of aliphatic carboxylic acids is 1. The van der Waals surface area contributed by atoms with E-state index in [0.29, 0.717) is 30.4 Å². The number of amides is 1. The van der Waals surface area contributed by atoms with Gasteiger partial charge in [0.1, 0.15) is 0 Å². The number of rotatable bonds is 4. The largest absolute Gasteiger partial charge is 0.481 e. The van der Waals surface area contributed by atoms with Crippen molar-refractivity contribution in [2.24, 2.45) is 5.92 Å². The zero-order valence-corrected chi connectivity index (χ0v) is 12.8. The van der Waals surface area contributed by atoms with Gasteiger partial charge in [-0.1, -0.05) is 15.9 Å². The van der Waals surface area contributed by atoms with Crippen molar-refractivity contribution < 1.29 is 23.8 Å². The van der Waals surface area contributed by atoms with Crippen LogP contribution in [0.1, 0.15) is 12.8 Å². The van der Waals surface area contributed by atoms with Gasteiger partial charge in [-0.25, -0.2) is 4.39 Å². The molecule has 1 fully saturated rings. The average molecular weight is 360 g/mol. The molecule has 1 aromatic carbocycles. The van der Waals surface area contributed by atoms with Crippen LogP contribution >= 0.6 is 15.9 Å². The molecule has 1 aromatic rings. The van der Waals surface area contributed by atoms with Gasteiger partial charge in [0, 0.05) is 17.6 Å². The average Bonchev–Trinajstić information content (AvgIpc) is 2.48. The van der Waals surface area contributed by atoms with Crippen molar-refractivity contribution in [3.63, 3.8) is 0 Å². The fourth-order valence-corrected chi connectivity index (χ4v) is 2.53. The number of carbonyl (C=O) groups excluding carboxylic acids is 1. The van der Waals surface area contributed by atoms with E-state index in [0.717, 1.165) is 0 Å². The maximum Gasteiger partial charge on any atom is 0.306 e. The highest BCUT2D eigenvalue weighted by molar-refractivity contribution is 9.10. The van der Waals surface area contributed by atoms with Crippen LogP contribution < -0.4 is 4.74 Å². The summed E-state index contributed by atoms with van der Waals surface area (Å²) in [5.74, 6) is -2.00. The fraction of sp³-hybridized carbons (Fsp3) is 0.429. The Kier molecular flexibility index (Phi) is 5.17. The van der Waals surface area contributed by atoms with Gasteiger partial charge in [0.05, 0.1) is 5.92 Å². The summed E-state index contributed by atoms with van der Waals surface area (Å²) < 4.78 is 19.3. The number of likely N-dealkylation sites (tertiary alicyclic amines) is 1. The second-order valence-electron chi connectivity index (χ2n) is 4.86. The summed E-state index contributed by atoms with van der Waals surface area (Å²) in [5.41, 5.74) is 0. The lowest BCUT2D eigenvalue weighted by molar-refractivity contribution is -0.146. The molecule has 0 saturated carbocycles. The lowest BCUT2D eigenvalue weighted by Crippen LogP contribution is -2.42. The van der Waals surface area contributed by atoms with Crippen LogP contribution in [-0.2, 0) is 9.59 Å². The Bertz CT molecular complexity index is 544. The number of hydrogen-bond donors (Lipinski definition) is 1. The minimum Gasteiger partial charge on any atom is -0.481 e. The van der Waals surface area contributed by atoms with E-state index in [-0.39, 0.29) is 18.3 Å². The van der Waals surface area contributed by atoms with E-state index in [1.807, 2.05) is 0 Å². The third-order valence-corrected chi connectivity index (χ3v) is 3.93. The first-order chi connectivity index (χ1) is 9.97. The molecular weight excluding hydrogens is 345 g/mol. The van der Waals surface area contributed by atoms with Crippen LogP contribution in [0.25, 0.3) is 0 Å². The summed E-state index contributed by atoms with van der Waals surface area (Å²) in [4.78, 5) is 24.4. The van der Waals surface area contributed by atoms with Gasteiger partial charge in [-0.15, -0.1) is 0 Å². The Morgan fingerprint density at radius 2 is 2.05 bits per heavy atom. The van der Waals surface area contributed by atoms with Crippen molar-refractivity contribution >= 4 is 27.8 Å². The predicted molar refractivity (Wildman–Crippen MR) is 76.5 cm³/mol. The minimum atomic E-state index is -0.824. The topological polar surface area (TPSA) is 66.8 Å². The van der Waals surface area contributed by atoms with E-state index in [4.69, 9.17) is 9.84 Å². The summed E-state index contributed by atoms with van der Waals surface area (Å²) in [7, 11) is 0. The molecule has 1 heterocycles. The molecule has 0 spiro atoms. The first-order valence-electron chi connectivity index (χ1n) is 6.56. The summed E-state index contributed by atoms with van der Waals surface area (Å²) in [6.07, 6.45) is 0.874. The van der Waals surface area contributed by atoms with Crippen LogP contribution in [0.2, 0.25) is 0 Å². The van der Waals surface area contributed by atoms with Gasteiger partial charge in [0.25, 0.3) is 5.91 Å². The normalized spacial score (nSPS) is 15.8. The molecule has 0 radical (unpaired) electrons. The molecule has 0 bridgehead atoms. The zero-order chi connectivity index (χ0) is 15.4. The molecule has 0 atom stereocenters. The van der Waals surface area contributed by atoms with E-state index in [1.54, 1.807) is 11.0 Å². The zero-order valence-electron chi connectivity index (χ0n) is 11.2. The maximum absolute atomic E-state index is 13.5. The molecule has 1 N–H and O–H groups in total. The van der Waals surface area contributed by atoms with Gasteiger partial charge >= 0.3 is 5.97 Å². The number of halogens is 2. The summed E-state index contributed by atoms with van der Waals surface area (Å²) in [6.45, 7) is 0.519. The lowest BCUT2D eigenvalue weighted by Gasteiger charge is -2.30. The highest BCUT2D eigenvalue weighted by Crippen LogP contribution is 2.22. The molecule has 1 saturated heterocycles. The molecular formula is C14H15BrFNO4. The first kappa shape index (κ1) is 15.8. The van der Waals surface area contributed by atoms with Gasteiger partial charge in [-0.3, -0.25) is 9.59 Å². The molecule has 0 aromatic heterocycles. The molecule has 1 aliphatic heterocycles. The number of hydrogen-bond acceptors (Lipinski definition) is 3. The van der Waals surface area contributed by atoms with Crippen LogP contribution in [-0.4, -0.2) is 41.6 Å². The number of benzene rings is 1. The Hall–Kier alpha value is -1.63. The van der Waals surface area contributed by atoms with Gasteiger partial charge in [0.2, 0.25) is 0 Å². The predicted octanol–water partition coefficient (Wildman–Crippen LogP) is 2.29. The standard InChI is InChI=1S/C14H15BrFNO4/c15-10-1-2-11(16)12(7-10)21-8-13(18)17-5-3-9(4-6-17)14(19)20/h1-2,7,9H,3-6,8H2,(H,19,20). The molecule has 1 amide bonds. The highest BCUT2D eigenvalue weighted by Gasteiger charge is 2.27. The van der Waals surface area contributed by atoms with E-state index >= 15 is 0 Å². The van der Waals surface area contributed by atoms with Crippen LogP contribution in [0, 0.1) is 11.7 Å². The van der Waals surface area contributed by atoms with Crippen LogP contribution in [0.5, 0.6) is 5.75 Å². The molecule has 0 unspecified atom stereocenters. The Morgan fingerprint density at radius 3 is 2.67 bits per heavy atom. The third kappa shape index (κ3) is 4.17. The van der Waals surface area contributed by atoms with E-state index in [9.17, 15) is 14.0 Å². The van der Waals surface area contributed by atoms with Gasteiger partial charge in [0.15, 0.2) is 18.2 Å². The smallest absolute Gasteiger partial charge is 0.306 e. The van der Waals surface area contributed by atoms with Crippen LogP contribution in [0.15, 0.2) is 22.7 Å². The molecule has 5 nitrogen and oxygen atoms in total. The number of ether oxygens (including phenoxy) is 1. The van der Waals surface area contributed by atoms with Crippen molar-refractivity contribution in [1.29, 1.82) is 0 Å². The van der Waals surface area contributed by atoms with Crippen molar-refractivity contribution in [3.8, 4) is 5.75 Å². The molecule has 1 aliphatic rings. The van der Waals surface area contributed by atoms with Crippen molar-refractivity contribution in [2.75, 3.05) is 19.7 Å². The fourth-order valence-electron chi connectivity index (χ4n) is 2.19. The van der Waals surface area contributed by atoms with Crippen molar-refractivity contribution in [3.05, 3.63) is 28.5 Å². The second kappa shape index (κ2) is 6.89. The van der Waals surface area contributed by atoms with Gasteiger partial charge < -0.3 is 14.7 Å². The quantitative estimate of drug-likeness (QED) is 0.895. The van der Waals surface area contributed by atoms with Gasteiger partial charge in [-0.05, 0) is 31.0 Å². The number of carboxylic acids is 1. The Balaban J connectivity index is 1.85. The van der Waals surface area contributed by atoms with E-state index in [2.05, 4.69) is 15.9 Å². The molecule has 0 aliphatic carbocycles. The number of piperidine rings is 1. The molecule has 2 rings (SSSR count).